The molecule has 1 saturated carbocycles. The first-order chi connectivity index (χ1) is 18.2. The predicted molar refractivity (Wildman–Crippen MR) is 169 cm³/mol. The molecule has 1 nitrogen and oxygen atoms in total. The lowest BCUT2D eigenvalue weighted by Gasteiger charge is -2.28. The number of benzene rings is 1. The van der Waals surface area contributed by atoms with E-state index in [2.05, 4.69) is 103 Å². The normalized spacial score (nSPS) is 26.3. The number of hydrogen-bond acceptors (Lipinski definition) is 1. The maximum absolute atomic E-state index is 9.29. The van der Waals surface area contributed by atoms with Gasteiger partial charge in [0.05, 0.1) is 5.71 Å². The maximum Gasteiger partial charge on any atom is 0.134 e. The fourth-order valence-corrected chi connectivity index (χ4v) is 6.24. The summed E-state index contributed by atoms with van der Waals surface area (Å²) in [5, 5.41) is 9.29. The highest BCUT2D eigenvalue weighted by Crippen LogP contribution is 2.41. The molecule has 0 bridgehead atoms. The second-order valence-corrected chi connectivity index (χ2v) is 11.7. The third kappa shape index (κ3) is 6.47. The molecule has 1 aromatic rings. The lowest BCUT2D eigenvalue weighted by atomic mass is 9.75. The van der Waals surface area contributed by atoms with Crippen LogP contribution in [0, 0.1) is 37.0 Å². The van der Waals surface area contributed by atoms with Gasteiger partial charge in [-0.3, -0.25) is 0 Å². The maximum atomic E-state index is 9.29. The van der Waals surface area contributed by atoms with Crippen LogP contribution in [0.3, 0.4) is 0 Å². The van der Waals surface area contributed by atoms with E-state index in [1.54, 1.807) is 0 Å². The zero-order chi connectivity index (χ0) is 27.4. The fourth-order valence-electron chi connectivity index (χ4n) is 6.24. The van der Waals surface area contributed by atoms with Crippen LogP contribution in [-0.2, 0) is 0 Å². The van der Waals surface area contributed by atoms with E-state index in [4.69, 9.17) is 0 Å². The molecule has 0 saturated heterocycles. The van der Waals surface area contributed by atoms with E-state index in [-0.39, 0.29) is 0 Å². The average molecular weight is 502 g/mol. The molecular formula is C36H44BN. The summed E-state index contributed by atoms with van der Waals surface area (Å²) in [6.07, 6.45) is 22.0. The Morgan fingerprint density at radius 3 is 2.47 bits per heavy atom. The van der Waals surface area contributed by atoms with Crippen molar-refractivity contribution in [3.8, 4) is 0 Å². The van der Waals surface area contributed by atoms with Gasteiger partial charge in [0.1, 0.15) is 7.85 Å². The van der Waals surface area contributed by atoms with Gasteiger partial charge in [-0.25, -0.2) is 0 Å². The summed E-state index contributed by atoms with van der Waals surface area (Å²) in [6.45, 7) is 17.3. The first-order valence-corrected chi connectivity index (χ1v) is 14.3. The topological polar surface area (TPSA) is 23.9 Å². The van der Waals surface area contributed by atoms with Crippen LogP contribution >= 0.6 is 0 Å². The van der Waals surface area contributed by atoms with Crippen molar-refractivity contribution < 1.29 is 0 Å². The molecule has 0 radical (unpaired) electrons. The summed E-state index contributed by atoms with van der Waals surface area (Å²) >= 11 is 0. The van der Waals surface area contributed by atoms with Crippen molar-refractivity contribution in [3.63, 3.8) is 0 Å². The van der Waals surface area contributed by atoms with Gasteiger partial charge >= 0.3 is 0 Å². The van der Waals surface area contributed by atoms with Gasteiger partial charge in [-0.1, -0.05) is 92.0 Å². The Balaban J connectivity index is 1.56. The third-order valence-corrected chi connectivity index (χ3v) is 8.63. The number of hydrogen-bond donors (Lipinski definition) is 1. The summed E-state index contributed by atoms with van der Waals surface area (Å²) in [6, 6.07) is 6.40. The molecule has 4 rings (SSSR count). The van der Waals surface area contributed by atoms with Crippen molar-refractivity contribution in [3.05, 3.63) is 129 Å². The minimum absolute atomic E-state index is 0.458. The Kier molecular flexibility index (Phi) is 8.93. The molecule has 0 heterocycles. The highest BCUT2D eigenvalue weighted by Gasteiger charge is 2.28. The predicted octanol–water partition coefficient (Wildman–Crippen LogP) is 8.83. The Labute approximate surface area is 232 Å². The molecule has 1 fully saturated rings. The summed E-state index contributed by atoms with van der Waals surface area (Å²) in [7, 11) is 2.29. The van der Waals surface area contributed by atoms with E-state index in [1.807, 2.05) is 6.08 Å². The number of allylic oxidation sites excluding steroid dienone is 14. The van der Waals surface area contributed by atoms with Gasteiger partial charge < -0.3 is 5.41 Å². The van der Waals surface area contributed by atoms with Gasteiger partial charge in [-0.05, 0) is 110 Å². The van der Waals surface area contributed by atoms with E-state index >= 15 is 0 Å². The Bertz CT molecular complexity index is 1300. The molecule has 1 N–H and O–H groups in total. The molecule has 1 aromatic carbocycles. The van der Waals surface area contributed by atoms with Gasteiger partial charge in [-0.15, -0.1) is 5.47 Å². The summed E-state index contributed by atoms with van der Waals surface area (Å²) < 4.78 is 0. The van der Waals surface area contributed by atoms with Gasteiger partial charge in [-0.2, -0.15) is 0 Å². The van der Waals surface area contributed by atoms with Gasteiger partial charge in [0.25, 0.3) is 0 Å². The smallest absolute Gasteiger partial charge is 0.134 e. The Morgan fingerprint density at radius 2 is 1.82 bits per heavy atom. The fraction of sp³-hybridized carbons (Fsp3) is 0.361. The molecular weight excluding hydrogens is 457 g/mol. The molecule has 0 aliphatic heterocycles. The van der Waals surface area contributed by atoms with E-state index < -0.39 is 0 Å². The van der Waals surface area contributed by atoms with Crippen LogP contribution in [0.25, 0.3) is 0 Å². The highest BCUT2D eigenvalue weighted by atomic mass is 14.5. The minimum Gasteiger partial charge on any atom is -0.300 e. The first kappa shape index (κ1) is 27.9. The largest absolute Gasteiger partial charge is 0.300 e. The van der Waals surface area contributed by atoms with Crippen molar-refractivity contribution in [2.75, 3.05) is 0 Å². The zero-order valence-corrected chi connectivity index (χ0v) is 24.2. The number of nitrogens with one attached hydrogen (secondary N) is 1. The van der Waals surface area contributed by atoms with Gasteiger partial charge in [0.2, 0.25) is 0 Å². The third-order valence-electron chi connectivity index (χ3n) is 8.63. The van der Waals surface area contributed by atoms with Gasteiger partial charge in [0.15, 0.2) is 0 Å². The van der Waals surface area contributed by atoms with Crippen molar-refractivity contribution >= 4 is 13.6 Å². The van der Waals surface area contributed by atoms with E-state index in [0.29, 0.717) is 17.8 Å². The summed E-state index contributed by atoms with van der Waals surface area (Å²) in [4.78, 5) is 0. The summed E-state index contributed by atoms with van der Waals surface area (Å²) in [5.74, 6) is 1.61. The monoisotopic (exact) mass is 501 g/mol. The van der Waals surface area contributed by atoms with E-state index in [0.717, 1.165) is 48.1 Å². The van der Waals surface area contributed by atoms with Crippen LogP contribution in [0.1, 0.15) is 69.1 Å². The van der Waals surface area contributed by atoms with Crippen LogP contribution in [0.4, 0.5) is 0 Å². The van der Waals surface area contributed by atoms with Crippen LogP contribution in [0.15, 0.2) is 113 Å². The first-order valence-electron chi connectivity index (χ1n) is 14.3. The lowest BCUT2D eigenvalue weighted by molar-refractivity contribution is 0.525. The molecule has 2 atom stereocenters. The molecule has 196 valence electrons. The van der Waals surface area contributed by atoms with Crippen molar-refractivity contribution in [2.45, 2.75) is 66.2 Å². The van der Waals surface area contributed by atoms with Crippen molar-refractivity contribution in [1.29, 1.82) is 5.41 Å². The van der Waals surface area contributed by atoms with Crippen molar-refractivity contribution in [2.24, 2.45) is 17.8 Å². The highest BCUT2D eigenvalue weighted by molar-refractivity contribution is 6.27. The molecule has 0 amide bonds. The average Bonchev–Trinajstić information content (AvgIpc) is 3.73. The molecule has 3 aliphatic carbocycles. The van der Waals surface area contributed by atoms with Crippen molar-refractivity contribution in [1.82, 2.24) is 0 Å². The van der Waals surface area contributed by atoms with Crippen LogP contribution in [-0.4, -0.2) is 13.6 Å². The van der Waals surface area contributed by atoms with Crippen LogP contribution < -0.4 is 0 Å². The molecule has 2 unspecified atom stereocenters. The quantitative estimate of drug-likeness (QED) is 0.285. The van der Waals surface area contributed by atoms with E-state index in [1.165, 1.54) is 51.7 Å². The SMILES string of the molecule is B/C(=C(/CCC1C=CC2=C(C1)C(C)C/C(C)=C/C(C=C)=C\C=C\C2=C)C(=N)c1c(C)cccc1C)C1CC1. The molecule has 2 heteroatoms. The minimum atomic E-state index is 0.458. The molecule has 0 aromatic heterocycles. The molecule has 38 heavy (non-hydrogen) atoms. The molecule has 0 spiro atoms. The summed E-state index contributed by atoms with van der Waals surface area (Å²) in [5.41, 5.74) is 13.5. The number of aryl methyl sites for hydroxylation is 2. The van der Waals surface area contributed by atoms with Gasteiger partial charge in [0, 0.05) is 5.56 Å². The second kappa shape index (κ2) is 12.2. The van der Waals surface area contributed by atoms with E-state index in [9.17, 15) is 5.41 Å². The lowest BCUT2D eigenvalue weighted by Crippen LogP contribution is -2.15. The second-order valence-electron chi connectivity index (χ2n) is 11.7. The number of rotatable bonds is 7. The van der Waals surface area contributed by atoms with Crippen LogP contribution in [0.2, 0.25) is 0 Å². The zero-order valence-electron chi connectivity index (χ0n) is 24.2. The Morgan fingerprint density at radius 1 is 1.11 bits per heavy atom. The van der Waals surface area contributed by atoms with Crippen LogP contribution in [0.5, 0.6) is 0 Å². The molecule has 3 aliphatic rings. The standard InChI is InChI=1S/C36H44BN/c1-7-28-13-9-10-24(3)31-18-14-29(22-33(31)27(6)20-23(2)21-28)15-19-32(35(37)30-16-17-30)36(38)34-25(4)11-8-12-26(34)5/h7-14,18,21,27,29-30,38H,1,3,15-17,19-20,22,37H2,2,4-6H3/b10-9+,23-21+,28-13-,35-32-,38-36?. The Hall–Kier alpha value is -3.13.